The fraction of sp³-hybridized carbons (Fsp3) is 0.0566. The van der Waals surface area contributed by atoms with Gasteiger partial charge >= 0.3 is 0 Å². The third kappa shape index (κ3) is 5.02. The van der Waals surface area contributed by atoms with E-state index in [4.69, 9.17) is 4.42 Å². The first kappa shape index (κ1) is 31.6. The molecule has 1 heterocycles. The Balaban J connectivity index is 1.14. The molecule has 2 heteroatoms. The third-order valence-electron chi connectivity index (χ3n) is 11.8. The molecule has 0 aliphatic heterocycles. The fourth-order valence-electron chi connectivity index (χ4n) is 8.96. The number of anilines is 3. The fourth-order valence-corrected chi connectivity index (χ4v) is 8.96. The zero-order chi connectivity index (χ0) is 36.7. The van der Waals surface area contributed by atoms with E-state index in [2.05, 4.69) is 207 Å². The molecule has 0 amide bonds. The molecule has 0 atom stereocenters. The Bertz CT molecular complexity index is 3130. The van der Waals surface area contributed by atoms with Crippen LogP contribution in [0.5, 0.6) is 0 Å². The Morgan fingerprint density at radius 1 is 0.382 bits per heavy atom. The van der Waals surface area contributed by atoms with Crippen molar-refractivity contribution < 1.29 is 4.42 Å². The number of para-hydroxylation sites is 1. The maximum absolute atomic E-state index is 6.70. The molecule has 0 bridgehead atoms. The highest BCUT2D eigenvalue weighted by Gasteiger charge is 2.36. The normalized spacial score (nSPS) is 13.1. The van der Waals surface area contributed by atoms with Gasteiger partial charge in [0.2, 0.25) is 0 Å². The minimum Gasteiger partial charge on any atom is -0.455 e. The highest BCUT2D eigenvalue weighted by atomic mass is 16.3. The molecule has 0 spiro atoms. The summed E-state index contributed by atoms with van der Waals surface area (Å²) in [6.45, 7) is 4.71. The SMILES string of the molecule is CC1(C)c2ccccc2-c2ccc(N(c3ccc(-c4ccc5ccccc5c4)cc3)c3cc(-c4ccc5ccccc5c4)c4oc5ccccc5c4c3)cc21. The van der Waals surface area contributed by atoms with Crippen molar-refractivity contribution in [1.29, 1.82) is 0 Å². The Morgan fingerprint density at radius 2 is 0.982 bits per heavy atom. The highest BCUT2D eigenvalue weighted by molar-refractivity contribution is 6.12. The molecule has 0 saturated heterocycles. The van der Waals surface area contributed by atoms with Crippen LogP contribution in [0.25, 0.3) is 76.9 Å². The van der Waals surface area contributed by atoms with E-state index in [9.17, 15) is 0 Å². The Hall–Kier alpha value is -6.90. The van der Waals surface area contributed by atoms with Crippen LogP contribution < -0.4 is 4.90 Å². The molecule has 0 saturated carbocycles. The number of hydrogen-bond acceptors (Lipinski definition) is 2. The number of nitrogens with zero attached hydrogens (tertiary/aromatic N) is 1. The summed E-state index contributed by atoms with van der Waals surface area (Å²) in [5, 5.41) is 7.13. The molecular formula is C53H37NO. The molecule has 0 N–H and O–H groups in total. The van der Waals surface area contributed by atoms with Crippen LogP contribution in [0.15, 0.2) is 192 Å². The summed E-state index contributed by atoms with van der Waals surface area (Å²) in [4.78, 5) is 2.43. The van der Waals surface area contributed by atoms with Crippen LogP contribution in [0.1, 0.15) is 25.0 Å². The average Bonchev–Trinajstić information content (AvgIpc) is 3.72. The number of rotatable bonds is 5. The van der Waals surface area contributed by atoms with Gasteiger partial charge in [-0.25, -0.2) is 0 Å². The van der Waals surface area contributed by atoms with Crippen molar-refractivity contribution in [3.05, 3.63) is 199 Å². The average molecular weight is 704 g/mol. The van der Waals surface area contributed by atoms with Crippen LogP contribution in [0.2, 0.25) is 0 Å². The Kier molecular flexibility index (Phi) is 6.93. The first-order valence-corrected chi connectivity index (χ1v) is 19.1. The quantitative estimate of drug-likeness (QED) is 0.177. The van der Waals surface area contributed by atoms with Gasteiger partial charge in [0.05, 0.1) is 0 Å². The second-order valence-corrected chi connectivity index (χ2v) is 15.4. The van der Waals surface area contributed by atoms with Crippen molar-refractivity contribution in [3.63, 3.8) is 0 Å². The van der Waals surface area contributed by atoms with Gasteiger partial charge in [-0.3, -0.25) is 0 Å². The van der Waals surface area contributed by atoms with Crippen LogP contribution in [-0.2, 0) is 5.41 Å². The summed E-state index contributed by atoms with van der Waals surface area (Å²) in [6, 6.07) is 68.6. The van der Waals surface area contributed by atoms with Gasteiger partial charge in [0.15, 0.2) is 0 Å². The molecule has 260 valence electrons. The zero-order valence-electron chi connectivity index (χ0n) is 30.8. The van der Waals surface area contributed by atoms with E-state index in [1.54, 1.807) is 0 Å². The number of furan rings is 1. The molecule has 1 aliphatic carbocycles. The van der Waals surface area contributed by atoms with Gasteiger partial charge < -0.3 is 9.32 Å². The molecule has 10 aromatic rings. The largest absolute Gasteiger partial charge is 0.455 e. The first-order valence-electron chi connectivity index (χ1n) is 19.1. The molecule has 0 radical (unpaired) electrons. The molecule has 55 heavy (non-hydrogen) atoms. The van der Waals surface area contributed by atoms with Crippen LogP contribution in [-0.4, -0.2) is 0 Å². The van der Waals surface area contributed by atoms with Crippen molar-refractivity contribution in [3.8, 4) is 33.4 Å². The van der Waals surface area contributed by atoms with Crippen molar-refractivity contribution in [2.24, 2.45) is 0 Å². The number of benzene rings is 9. The summed E-state index contributed by atoms with van der Waals surface area (Å²) in [6.07, 6.45) is 0. The molecule has 1 aliphatic rings. The van der Waals surface area contributed by atoms with E-state index >= 15 is 0 Å². The van der Waals surface area contributed by atoms with Gasteiger partial charge in [-0.15, -0.1) is 0 Å². The summed E-state index contributed by atoms with van der Waals surface area (Å²) in [7, 11) is 0. The molecule has 9 aromatic carbocycles. The van der Waals surface area contributed by atoms with Gasteiger partial charge in [-0.2, -0.15) is 0 Å². The summed E-state index contributed by atoms with van der Waals surface area (Å²) >= 11 is 0. The maximum Gasteiger partial charge on any atom is 0.143 e. The van der Waals surface area contributed by atoms with E-state index in [0.717, 1.165) is 50.1 Å². The predicted octanol–water partition coefficient (Wildman–Crippen LogP) is 15.0. The van der Waals surface area contributed by atoms with Crippen LogP contribution in [0.3, 0.4) is 0 Å². The van der Waals surface area contributed by atoms with Gasteiger partial charge in [-0.05, 0) is 115 Å². The summed E-state index contributed by atoms with van der Waals surface area (Å²) in [5.41, 5.74) is 14.9. The summed E-state index contributed by atoms with van der Waals surface area (Å²) < 4.78 is 6.70. The summed E-state index contributed by atoms with van der Waals surface area (Å²) in [5.74, 6) is 0. The van der Waals surface area contributed by atoms with Crippen molar-refractivity contribution in [1.82, 2.24) is 0 Å². The van der Waals surface area contributed by atoms with Gasteiger partial charge in [0, 0.05) is 38.8 Å². The van der Waals surface area contributed by atoms with Crippen molar-refractivity contribution in [2.45, 2.75) is 19.3 Å². The maximum atomic E-state index is 6.70. The van der Waals surface area contributed by atoms with Crippen LogP contribution in [0.4, 0.5) is 17.1 Å². The van der Waals surface area contributed by atoms with E-state index in [1.165, 1.54) is 54.9 Å². The van der Waals surface area contributed by atoms with Gasteiger partial charge in [-0.1, -0.05) is 147 Å². The standard InChI is InChI=1S/C53H37NO/c1-53(2)49-17-9-7-15-44(49)45-28-27-42(33-50(45)53)54(41-25-23-36(24-26-41)39-21-19-34-11-3-5-13-37(34)29-39)43-31-47(40-22-20-35-12-4-6-14-38(35)30-40)52-48(32-43)46-16-8-10-18-51(46)55-52/h3-33H,1-2H3. The Labute approximate surface area is 320 Å². The van der Waals surface area contributed by atoms with Gasteiger partial charge in [0.25, 0.3) is 0 Å². The first-order chi connectivity index (χ1) is 27.0. The lowest BCUT2D eigenvalue weighted by Gasteiger charge is -2.29. The minimum absolute atomic E-state index is 0.130. The van der Waals surface area contributed by atoms with Crippen molar-refractivity contribution in [2.75, 3.05) is 4.90 Å². The highest BCUT2D eigenvalue weighted by Crippen LogP contribution is 2.51. The molecule has 1 aromatic heterocycles. The molecule has 0 unspecified atom stereocenters. The third-order valence-corrected chi connectivity index (χ3v) is 11.8. The molecular weight excluding hydrogens is 667 g/mol. The van der Waals surface area contributed by atoms with E-state index in [0.29, 0.717) is 0 Å². The number of fused-ring (bicyclic) bond motifs is 8. The van der Waals surface area contributed by atoms with Gasteiger partial charge in [0.1, 0.15) is 11.2 Å². The van der Waals surface area contributed by atoms with E-state index in [-0.39, 0.29) is 5.41 Å². The second kappa shape index (κ2) is 12.1. The monoisotopic (exact) mass is 703 g/mol. The zero-order valence-corrected chi connectivity index (χ0v) is 30.8. The number of hydrogen-bond donors (Lipinski definition) is 0. The molecule has 11 rings (SSSR count). The second-order valence-electron chi connectivity index (χ2n) is 15.4. The minimum atomic E-state index is -0.130. The van der Waals surface area contributed by atoms with E-state index in [1.807, 2.05) is 0 Å². The van der Waals surface area contributed by atoms with Crippen LogP contribution in [0, 0.1) is 0 Å². The molecule has 2 nitrogen and oxygen atoms in total. The smallest absolute Gasteiger partial charge is 0.143 e. The topological polar surface area (TPSA) is 16.4 Å². The molecule has 0 fully saturated rings. The lowest BCUT2D eigenvalue weighted by Crippen LogP contribution is -2.16. The lowest BCUT2D eigenvalue weighted by molar-refractivity contribution is 0.660. The Morgan fingerprint density at radius 3 is 1.76 bits per heavy atom. The lowest BCUT2D eigenvalue weighted by atomic mass is 9.82. The predicted molar refractivity (Wildman–Crippen MR) is 232 cm³/mol. The van der Waals surface area contributed by atoms with E-state index < -0.39 is 0 Å². The van der Waals surface area contributed by atoms with Crippen molar-refractivity contribution >= 4 is 60.5 Å². The van der Waals surface area contributed by atoms with Crippen LogP contribution >= 0.6 is 0 Å².